The van der Waals surface area contributed by atoms with Gasteiger partial charge in [0.2, 0.25) is 5.91 Å². The zero-order valence-electron chi connectivity index (χ0n) is 11.5. The summed E-state index contributed by atoms with van der Waals surface area (Å²) in [4.78, 5) is 11.8. The van der Waals surface area contributed by atoms with E-state index in [1.54, 1.807) is 0 Å². The Bertz CT molecular complexity index is 484. The molecule has 20 heavy (non-hydrogen) atoms. The Labute approximate surface area is 118 Å². The minimum absolute atomic E-state index is 0.0261. The number of rotatable bonds is 5. The second-order valence-electron chi connectivity index (χ2n) is 5.24. The molecule has 2 aliphatic heterocycles. The van der Waals surface area contributed by atoms with Gasteiger partial charge in [0.25, 0.3) is 0 Å². The van der Waals surface area contributed by atoms with Gasteiger partial charge in [0, 0.05) is 25.3 Å². The predicted octanol–water partition coefficient (Wildman–Crippen LogP) is 1.33. The number of nitrogens with one attached hydrogen (secondary N) is 2. The summed E-state index contributed by atoms with van der Waals surface area (Å²) in [5.74, 6) is 0.904. The van der Waals surface area contributed by atoms with Crippen molar-refractivity contribution in [1.82, 2.24) is 5.32 Å². The van der Waals surface area contributed by atoms with Crippen LogP contribution < -0.4 is 15.4 Å². The predicted molar refractivity (Wildman–Crippen MR) is 76.1 cm³/mol. The molecule has 1 amide bonds. The highest BCUT2D eigenvalue weighted by molar-refractivity contribution is 5.92. The fourth-order valence-electron chi connectivity index (χ4n) is 2.62. The van der Waals surface area contributed by atoms with Gasteiger partial charge in [0.1, 0.15) is 5.75 Å². The first-order valence-electron chi connectivity index (χ1n) is 7.19. The molecule has 1 aromatic rings. The van der Waals surface area contributed by atoms with Crippen molar-refractivity contribution in [2.75, 3.05) is 31.6 Å². The van der Waals surface area contributed by atoms with Crippen molar-refractivity contribution in [2.45, 2.75) is 25.4 Å². The number of hydrogen-bond acceptors (Lipinski definition) is 4. The maximum Gasteiger partial charge on any atom is 0.238 e. The number of amides is 1. The lowest BCUT2D eigenvalue weighted by molar-refractivity contribution is -0.115. The fourth-order valence-corrected chi connectivity index (χ4v) is 2.62. The third-order valence-electron chi connectivity index (χ3n) is 3.65. The Morgan fingerprint density at radius 1 is 1.35 bits per heavy atom. The summed E-state index contributed by atoms with van der Waals surface area (Å²) in [5.41, 5.74) is 1.99. The van der Waals surface area contributed by atoms with Crippen molar-refractivity contribution in [3.05, 3.63) is 23.8 Å². The van der Waals surface area contributed by atoms with Crippen molar-refractivity contribution in [2.24, 2.45) is 0 Å². The van der Waals surface area contributed by atoms with Crippen LogP contribution in [0.5, 0.6) is 5.75 Å². The van der Waals surface area contributed by atoms with E-state index in [0.29, 0.717) is 6.54 Å². The highest BCUT2D eigenvalue weighted by Gasteiger charge is 2.16. The van der Waals surface area contributed by atoms with E-state index in [1.807, 2.05) is 18.2 Å². The summed E-state index contributed by atoms with van der Waals surface area (Å²) in [6.45, 7) is 2.63. The van der Waals surface area contributed by atoms with Crippen LogP contribution in [-0.4, -0.2) is 38.3 Å². The molecular weight excluding hydrogens is 256 g/mol. The van der Waals surface area contributed by atoms with Crippen molar-refractivity contribution >= 4 is 11.6 Å². The molecule has 0 aromatic heterocycles. The van der Waals surface area contributed by atoms with Crippen LogP contribution in [0, 0.1) is 0 Å². The Morgan fingerprint density at radius 3 is 3.15 bits per heavy atom. The Hall–Kier alpha value is -1.59. The Balaban J connectivity index is 1.44. The van der Waals surface area contributed by atoms with Gasteiger partial charge in [-0.3, -0.25) is 4.79 Å². The molecule has 1 saturated heterocycles. The number of anilines is 1. The zero-order valence-corrected chi connectivity index (χ0v) is 11.5. The smallest absolute Gasteiger partial charge is 0.238 e. The van der Waals surface area contributed by atoms with Crippen LogP contribution in [0.3, 0.4) is 0 Å². The second kappa shape index (κ2) is 6.24. The second-order valence-corrected chi connectivity index (χ2v) is 5.24. The Kier molecular flexibility index (Phi) is 4.18. The molecule has 5 nitrogen and oxygen atoms in total. The van der Waals surface area contributed by atoms with E-state index in [0.717, 1.165) is 56.0 Å². The highest BCUT2D eigenvalue weighted by Crippen LogP contribution is 2.27. The summed E-state index contributed by atoms with van der Waals surface area (Å²) >= 11 is 0. The SMILES string of the molecule is O=C(CNC[C@H]1CCCO1)Nc1ccc2c(c1)CCO2. The van der Waals surface area contributed by atoms with Gasteiger partial charge in [0.05, 0.1) is 19.3 Å². The normalized spacial score (nSPS) is 20.5. The van der Waals surface area contributed by atoms with E-state index in [4.69, 9.17) is 9.47 Å². The highest BCUT2D eigenvalue weighted by atomic mass is 16.5. The molecule has 0 bridgehead atoms. The van der Waals surface area contributed by atoms with Crippen LogP contribution in [-0.2, 0) is 16.0 Å². The molecule has 0 unspecified atom stereocenters. The third-order valence-corrected chi connectivity index (χ3v) is 3.65. The first-order chi connectivity index (χ1) is 9.81. The monoisotopic (exact) mass is 276 g/mol. The summed E-state index contributed by atoms with van der Waals surface area (Å²) in [7, 11) is 0. The topological polar surface area (TPSA) is 59.6 Å². The first kappa shape index (κ1) is 13.4. The van der Waals surface area contributed by atoms with E-state index >= 15 is 0 Å². The molecule has 3 rings (SSSR count). The first-order valence-corrected chi connectivity index (χ1v) is 7.19. The Morgan fingerprint density at radius 2 is 2.30 bits per heavy atom. The van der Waals surface area contributed by atoms with Crippen molar-refractivity contribution in [3.8, 4) is 5.75 Å². The van der Waals surface area contributed by atoms with Crippen LogP contribution in [0.4, 0.5) is 5.69 Å². The molecule has 1 aromatic carbocycles. The summed E-state index contributed by atoms with van der Waals surface area (Å²) < 4.78 is 10.9. The number of carbonyl (C=O) groups excluding carboxylic acids is 1. The molecule has 0 spiro atoms. The standard InChI is InChI=1S/C15H20N2O3/c18-15(10-16-9-13-2-1-6-19-13)17-12-3-4-14-11(8-12)5-7-20-14/h3-4,8,13,16H,1-2,5-7,9-10H2,(H,17,18)/t13-/m1/s1. The quantitative estimate of drug-likeness (QED) is 0.852. The average molecular weight is 276 g/mol. The molecule has 5 heteroatoms. The molecule has 2 N–H and O–H groups in total. The lowest BCUT2D eigenvalue weighted by Gasteiger charge is -2.11. The minimum Gasteiger partial charge on any atom is -0.493 e. The third kappa shape index (κ3) is 3.29. The lowest BCUT2D eigenvalue weighted by Crippen LogP contribution is -2.33. The number of hydrogen-bond donors (Lipinski definition) is 2. The molecule has 0 saturated carbocycles. The number of carbonyl (C=O) groups is 1. The van der Waals surface area contributed by atoms with E-state index in [1.165, 1.54) is 0 Å². The molecule has 1 fully saturated rings. The molecule has 1 atom stereocenters. The number of fused-ring (bicyclic) bond motifs is 1. The van der Waals surface area contributed by atoms with Gasteiger partial charge in [-0.2, -0.15) is 0 Å². The van der Waals surface area contributed by atoms with Gasteiger partial charge in [-0.25, -0.2) is 0 Å². The van der Waals surface area contributed by atoms with Crippen molar-refractivity contribution in [3.63, 3.8) is 0 Å². The van der Waals surface area contributed by atoms with E-state index in [-0.39, 0.29) is 12.0 Å². The van der Waals surface area contributed by atoms with Crippen LogP contribution in [0.25, 0.3) is 0 Å². The van der Waals surface area contributed by atoms with Crippen LogP contribution >= 0.6 is 0 Å². The van der Waals surface area contributed by atoms with Crippen LogP contribution in [0.1, 0.15) is 18.4 Å². The minimum atomic E-state index is -0.0261. The molecule has 0 aliphatic carbocycles. The van der Waals surface area contributed by atoms with Crippen molar-refractivity contribution < 1.29 is 14.3 Å². The maximum absolute atomic E-state index is 11.8. The zero-order chi connectivity index (χ0) is 13.8. The number of ether oxygens (including phenoxy) is 2. The van der Waals surface area contributed by atoms with Gasteiger partial charge >= 0.3 is 0 Å². The average Bonchev–Trinajstić information content (AvgIpc) is 3.08. The van der Waals surface area contributed by atoms with Gasteiger partial charge in [0.15, 0.2) is 0 Å². The summed E-state index contributed by atoms with van der Waals surface area (Å²) in [5, 5.41) is 6.04. The molecular formula is C15H20N2O3. The largest absolute Gasteiger partial charge is 0.493 e. The van der Waals surface area contributed by atoms with Gasteiger partial charge in [-0.05, 0) is 36.6 Å². The molecule has 0 radical (unpaired) electrons. The van der Waals surface area contributed by atoms with Crippen LogP contribution in [0.15, 0.2) is 18.2 Å². The van der Waals surface area contributed by atoms with Crippen molar-refractivity contribution in [1.29, 1.82) is 0 Å². The maximum atomic E-state index is 11.8. The van der Waals surface area contributed by atoms with Gasteiger partial charge < -0.3 is 20.1 Å². The molecule has 108 valence electrons. The number of benzene rings is 1. The fraction of sp³-hybridized carbons (Fsp3) is 0.533. The lowest BCUT2D eigenvalue weighted by atomic mass is 10.1. The summed E-state index contributed by atoms with van der Waals surface area (Å²) in [6, 6.07) is 5.78. The molecule has 2 heterocycles. The van der Waals surface area contributed by atoms with Gasteiger partial charge in [-0.1, -0.05) is 0 Å². The van der Waals surface area contributed by atoms with Crippen LogP contribution in [0.2, 0.25) is 0 Å². The van der Waals surface area contributed by atoms with Gasteiger partial charge in [-0.15, -0.1) is 0 Å². The molecule has 2 aliphatic rings. The van der Waals surface area contributed by atoms with E-state index in [9.17, 15) is 4.79 Å². The summed E-state index contributed by atoms with van der Waals surface area (Å²) in [6.07, 6.45) is 3.38. The van der Waals surface area contributed by atoms with E-state index < -0.39 is 0 Å². The van der Waals surface area contributed by atoms with E-state index in [2.05, 4.69) is 10.6 Å².